The molecule has 2 aliphatic rings. The Hall–Kier alpha value is -0.193. The molecular weight excluding hydrogens is 316 g/mol. The Morgan fingerprint density at radius 1 is 0.792 bits per heavy atom. The van der Waals surface area contributed by atoms with Gasteiger partial charge in [0.15, 0.2) is 14.1 Å². The Bertz CT molecular complexity index is 404. The van der Waals surface area contributed by atoms with Crippen molar-refractivity contribution in [1.29, 1.82) is 0 Å². The summed E-state index contributed by atoms with van der Waals surface area (Å²) in [6.45, 7) is 6.58. The van der Waals surface area contributed by atoms with Crippen LogP contribution in [0.25, 0.3) is 0 Å². The van der Waals surface area contributed by atoms with E-state index in [1.165, 1.54) is 44.9 Å². The van der Waals surface area contributed by atoms with E-state index >= 15 is 0 Å². The number of carbonyl (C=O) groups excluding carboxylic acids is 1. The van der Waals surface area contributed by atoms with Gasteiger partial charge in [0.2, 0.25) is 0 Å². The smallest absolute Gasteiger partial charge is 0.185 e. The van der Waals surface area contributed by atoms with Crippen LogP contribution >= 0.6 is 0 Å². The molecule has 0 spiro atoms. The monoisotopic (exact) mass is 354 g/mol. The molecule has 0 saturated heterocycles. The Morgan fingerprint density at radius 2 is 1.25 bits per heavy atom. The van der Waals surface area contributed by atoms with Crippen molar-refractivity contribution in [3.05, 3.63) is 0 Å². The SMILES string of the molecule is COC1(C2(O[Si](C)(C)C)CCC2=O)CCCCCCCCCCC1. The molecule has 2 aliphatic carbocycles. The van der Waals surface area contributed by atoms with Crippen molar-refractivity contribution >= 4 is 14.1 Å². The molecule has 0 aromatic rings. The maximum atomic E-state index is 12.8. The first-order valence-corrected chi connectivity index (χ1v) is 13.5. The van der Waals surface area contributed by atoms with Crippen molar-refractivity contribution in [2.75, 3.05) is 7.11 Å². The highest BCUT2D eigenvalue weighted by atomic mass is 28.4. The molecule has 1 unspecified atom stereocenters. The molecule has 0 N–H and O–H groups in total. The van der Waals surface area contributed by atoms with E-state index in [1.807, 2.05) is 7.11 Å². The molecule has 0 radical (unpaired) electrons. The van der Waals surface area contributed by atoms with Gasteiger partial charge in [0.1, 0.15) is 11.2 Å². The largest absolute Gasteiger partial charge is 0.403 e. The summed E-state index contributed by atoms with van der Waals surface area (Å²) in [5.41, 5.74) is -1.06. The van der Waals surface area contributed by atoms with Crippen LogP contribution in [0, 0.1) is 0 Å². The Morgan fingerprint density at radius 3 is 1.54 bits per heavy atom. The molecule has 0 heterocycles. The minimum atomic E-state index is -1.82. The van der Waals surface area contributed by atoms with Crippen molar-refractivity contribution in [3.8, 4) is 0 Å². The van der Waals surface area contributed by atoms with Crippen LogP contribution in [0.5, 0.6) is 0 Å². The number of Topliss-reactive ketones (excluding diaryl/α,β-unsaturated/α-hetero) is 1. The van der Waals surface area contributed by atoms with Crippen LogP contribution in [-0.4, -0.2) is 32.4 Å². The Balaban J connectivity index is 2.23. The van der Waals surface area contributed by atoms with E-state index < -0.39 is 19.5 Å². The average Bonchev–Trinajstić information content (AvgIpc) is 2.51. The predicted octanol–water partition coefficient (Wildman–Crippen LogP) is 5.63. The van der Waals surface area contributed by atoms with Crippen LogP contribution in [0.15, 0.2) is 0 Å². The maximum Gasteiger partial charge on any atom is 0.185 e. The van der Waals surface area contributed by atoms with Crippen LogP contribution < -0.4 is 0 Å². The highest BCUT2D eigenvalue weighted by Crippen LogP contribution is 2.49. The van der Waals surface area contributed by atoms with Gasteiger partial charge in [-0.1, -0.05) is 57.8 Å². The molecule has 24 heavy (non-hydrogen) atoms. The number of methoxy groups -OCH3 is 1. The normalized spacial score (nSPS) is 30.1. The average molecular weight is 355 g/mol. The molecule has 0 aromatic carbocycles. The van der Waals surface area contributed by atoms with Gasteiger partial charge in [0, 0.05) is 13.5 Å². The number of carbonyl (C=O) groups is 1. The van der Waals surface area contributed by atoms with Gasteiger partial charge in [0.05, 0.1) is 0 Å². The third-order valence-corrected chi connectivity index (χ3v) is 6.88. The van der Waals surface area contributed by atoms with Crippen molar-refractivity contribution < 1.29 is 14.0 Å². The maximum absolute atomic E-state index is 12.8. The molecule has 0 aromatic heterocycles. The minimum absolute atomic E-state index is 0.291. The number of ketones is 1. The number of hydrogen-bond donors (Lipinski definition) is 0. The van der Waals surface area contributed by atoms with Crippen molar-refractivity contribution in [3.63, 3.8) is 0 Å². The van der Waals surface area contributed by atoms with E-state index in [-0.39, 0.29) is 0 Å². The van der Waals surface area contributed by atoms with E-state index in [9.17, 15) is 4.79 Å². The first-order valence-electron chi connectivity index (χ1n) is 10.1. The van der Waals surface area contributed by atoms with Crippen molar-refractivity contribution in [2.45, 2.75) is 114 Å². The summed E-state index contributed by atoms with van der Waals surface area (Å²) < 4.78 is 12.8. The molecular formula is C20H38O3Si. The third kappa shape index (κ3) is 4.50. The minimum Gasteiger partial charge on any atom is -0.403 e. The van der Waals surface area contributed by atoms with E-state index in [2.05, 4.69) is 19.6 Å². The topological polar surface area (TPSA) is 35.5 Å². The van der Waals surface area contributed by atoms with Crippen LogP contribution in [0.1, 0.15) is 83.5 Å². The first-order chi connectivity index (χ1) is 11.4. The molecule has 2 saturated carbocycles. The lowest BCUT2D eigenvalue weighted by Gasteiger charge is -2.56. The molecule has 2 fully saturated rings. The Kier molecular flexibility index (Phi) is 7.09. The zero-order valence-corrected chi connectivity index (χ0v) is 17.4. The van der Waals surface area contributed by atoms with Gasteiger partial charge in [-0.05, 0) is 38.9 Å². The summed E-state index contributed by atoms with van der Waals surface area (Å²) >= 11 is 0. The van der Waals surface area contributed by atoms with Gasteiger partial charge < -0.3 is 9.16 Å². The summed E-state index contributed by atoms with van der Waals surface area (Å²) in [5.74, 6) is 0.291. The molecule has 1 atom stereocenters. The van der Waals surface area contributed by atoms with E-state index in [0.717, 1.165) is 32.1 Å². The van der Waals surface area contributed by atoms with Crippen LogP contribution in [0.2, 0.25) is 19.6 Å². The quantitative estimate of drug-likeness (QED) is 0.614. The summed E-state index contributed by atoms with van der Waals surface area (Å²) in [5, 5.41) is 0. The first kappa shape index (κ1) is 20.1. The summed E-state index contributed by atoms with van der Waals surface area (Å²) in [6, 6.07) is 0. The van der Waals surface area contributed by atoms with Gasteiger partial charge >= 0.3 is 0 Å². The van der Waals surface area contributed by atoms with E-state index in [1.54, 1.807) is 0 Å². The molecule has 2 rings (SSSR count). The fourth-order valence-corrected chi connectivity index (χ4v) is 6.06. The van der Waals surface area contributed by atoms with Gasteiger partial charge in [-0.25, -0.2) is 0 Å². The lowest BCUT2D eigenvalue weighted by molar-refractivity contribution is -0.202. The number of rotatable bonds is 4. The van der Waals surface area contributed by atoms with Crippen molar-refractivity contribution in [1.82, 2.24) is 0 Å². The van der Waals surface area contributed by atoms with E-state index in [0.29, 0.717) is 12.2 Å². The predicted molar refractivity (Wildman–Crippen MR) is 102 cm³/mol. The van der Waals surface area contributed by atoms with E-state index in [4.69, 9.17) is 9.16 Å². The fraction of sp³-hybridized carbons (Fsp3) is 0.950. The summed E-state index contributed by atoms with van der Waals surface area (Å²) in [6.07, 6.45) is 15.0. The standard InChI is InChI=1S/C20H38O3Si/c1-22-19(20(17-14-18(20)21)23-24(2,3)4)15-12-10-8-6-5-7-9-11-13-16-19/h5-17H2,1-4H3. The zero-order valence-electron chi connectivity index (χ0n) is 16.4. The Labute approximate surface area is 150 Å². The number of ether oxygens (including phenoxy) is 1. The molecule has 0 bridgehead atoms. The molecule has 4 heteroatoms. The zero-order chi connectivity index (χ0) is 17.7. The second kappa shape index (κ2) is 8.46. The number of hydrogen-bond acceptors (Lipinski definition) is 3. The third-order valence-electron chi connectivity index (χ3n) is 5.92. The molecule has 0 aliphatic heterocycles. The highest BCUT2D eigenvalue weighted by Gasteiger charge is 2.62. The van der Waals surface area contributed by atoms with Gasteiger partial charge in [-0.15, -0.1) is 0 Å². The molecule has 0 amide bonds. The lowest BCUT2D eigenvalue weighted by atomic mass is 9.63. The van der Waals surface area contributed by atoms with Crippen LogP contribution in [0.3, 0.4) is 0 Å². The molecule has 140 valence electrons. The van der Waals surface area contributed by atoms with Gasteiger partial charge in [-0.2, -0.15) is 0 Å². The van der Waals surface area contributed by atoms with Crippen LogP contribution in [0.4, 0.5) is 0 Å². The molecule has 3 nitrogen and oxygen atoms in total. The highest BCUT2D eigenvalue weighted by molar-refractivity contribution is 6.70. The van der Waals surface area contributed by atoms with Crippen LogP contribution in [-0.2, 0) is 14.0 Å². The summed E-state index contributed by atoms with van der Waals surface area (Å²) in [7, 11) is -0.00951. The second-order valence-electron chi connectivity index (χ2n) is 8.85. The second-order valence-corrected chi connectivity index (χ2v) is 13.3. The fourth-order valence-electron chi connectivity index (χ4n) is 4.62. The lowest BCUT2D eigenvalue weighted by Crippen LogP contribution is -2.69. The summed E-state index contributed by atoms with van der Waals surface area (Å²) in [4.78, 5) is 12.8. The van der Waals surface area contributed by atoms with Crippen molar-refractivity contribution in [2.24, 2.45) is 0 Å². The van der Waals surface area contributed by atoms with Gasteiger partial charge in [0.25, 0.3) is 0 Å². The van der Waals surface area contributed by atoms with Gasteiger partial charge in [-0.3, -0.25) is 4.79 Å².